The van der Waals surface area contributed by atoms with E-state index < -0.39 is 15.8 Å². The second-order valence-corrected chi connectivity index (χ2v) is 7.70. The van der Waals surface area contributed by atoms with Gasteiger partial charge >= 0.3 is 0 Å². The van der Waals surface area contributed by atoms with Gasteiger partial charge < -0.3 is 9.88 Å². The van der Waals surface area contributed by atoms with Crippen molar-refractivity contribution in [2.45, 2.75) is 4.90 Å². The summed E-state index contributed by atoms with van der Waals surface area (Å²) in [5.41, 5.74) is 0.469. The third-order valence-electron chi connectivity index (χ3n) is 3.88. The molecule has 0 saturated carbocycles. The quantitative estimate of drug-likeness (QED) is 0.896. The molecule has 0 spiro atoms. The van der Waals surface area contributed by atoms with Gasteiger partial charge in [-0.15, -0.1) is 0 Å². The molecule has 1 aliphatic heterocycles. The van der Waals surface area contributed by atoms with Crippen LogP contribution < -0.4 is 0 Å². The minimum absolute atomic E-state index is 0.0574. The first-order valence-electron chi connectivity index (χ1n) is 7.27. The number of H-pyrrole nitrogens is 1. The fourth-order valence-electron chi connectivity index (χ4n) is 2.55. The van der Waals surface area contributed by atoms with Gasteiger partial charge in [0, 0.05) is 32.4 Å². The van der Waals surface area contributed by atoms with Crippen LogP contribution in [0.3, 0.4) is 0 Å². The molecule has 1 aromatic carbocycles. The Bertz CT molecular complexity index is 847. The molecule has 0 atom stereocenters. The first-order chi connectivity index (χ1) is 11.4. The minimum atomic E-state index is -3.77. The number of aromatic nitrogens is 1. The van der Waals surface area contributed by atoms with E-state index in [1.165, 1.54) is 10.4 Å². The van der Waals surface area contributed by atoms with Crippen LogP contribution in [-0.4, -0.2) is 54.7 Å². The van der Waals surface area contributed by atoms with Crippen LogP contribution in [0.5, 0.6) is 0 Å². The molecular formula is C15H15ClFN3O3S. The third kappa shape index (κ3) is 3.17. The van der Waals surface area contributed by atoms with Gasteiger partial charge in [-0.2, -0.15) is 4.31 Å². The number of nitrogens with one attached hydrogen (secondary N) is 1. The van der Waals surface area contributed by atoms with Gasteiger partial charge in [-0.25, -0.2) is 12.8 Å². The van der Waals surface area contributed by atoms with E-state index in [1.807, 2.05) is 0 Å². The van der Waals surface area contributed by atoms with E-state index in [0.29, 0.717) is 5.69 Å². The Morgan fingerprint density at radius 1 is 1.17 bits per heavy atom. The Morgan fingerprint density at radius 2 is 1.88 bits per heavy atom. The summed E-state index contributed by atoms with van der Waals surface area (Å²) in [6, 6.07) is 6.72. The molecule has 1 aliphatic rings. The van der Waals surface area contributed by atoms with E-state index >= 15 is 0 Å². The van der Waals surface area contributed by atoms with Gasteiger partial charge in [0.15, 0.2) is 0 Å². The zero-order valence-electron chi connectivity index (χ0n) is 12.6. The molecule has 0 bridgehead atoms. The fourth-order valence-corrected chi connectivity index (χ4v) is 4.25. The number of carbonyl (C=O) groups is 1. The number of halogens is 2. The molecule has 0 aliphatic carbocycles. The molecule has 1 aromatic heterocycles. The molecule has 2 heterocycles. The van der Waals surface area contributed by atoms with Crippen molar-refractivity contribution in [3.8, 4) is 0 Å². The Labute approximate surface area is 143 Å². The number of piperazine rings is 1. The molecule has 2 aromatic rings. The van der Waals surface area contributed by atoms with Crippen molar-refractivity contribution in [3.63, 3.8) is 0 Å². The topological polar surface area (TPSA) is 73.5 Å². The molecule has 6 nitrogen and oxygen atoms in total. The number of sulfonamides is 1. The van der Waals surface area contributed by atoms with Crippen LogP contribution in [0, 0.1) is 5.82 Å². The van der Waals surface area contributed by atoms with Crippen molar-refractivity contribution in [1.82, 2.24) is 14.2 Å². The van der Waals surface area contributed by atoms with Gasteiger partial charge in [-0.05, 0) is 30.3 Å². The fraction of sp³-hybridized carbons (Fsp3) is 0.267. The number of aromatic amines is 1. The van der Waals surface area contributed by atoms with Gasteiger partial charge in [-0.3, -0.25) is 4.79 Å². The van der Waals surface area contributed by atoms with E-state index in [0.717, 1.165) is 12.1 Å². The number of amides is 1. The van der Waals surface area contributed by atoms with Crippen LogP contribution in [-0.2, 0) is 10.0 Å². The predicted octanol–water partition coefficient (Wildman–Crippen LogP) is 1.95. The van der Waals surface area contributed by atoms with E-state index in [-0.39, 0.29) is 42.0 Å². The monoisotopic (exact) mass is 371 g/mol. The van der Waals surface area contributed by atoms with Crippen LogP contribution in [0.1, 0.15) is 10.5 Å². The SMILES string of the molecule is O=C(c1ccc[nH]1)N1CCN(S(=O)(=O)c2ccc(F)c(Cl)c2)CC1. The summed E-state index contributed by atoms with van der Waals surface area (Å²) in [5, 5.41) is -0.239. The summed E-state index contributed by atoms with van der Waals surface area (Å²) in [6.45, 7) is 0.908. The molecule has 24 heavy (non-hydrogen) atoms. The molecule has 9 heteroatoms. The number of nitrogens with zero attached hydrogens (tertiary/aromatic N) is 2. The van der Waals surface area contributed by atoms with Gasteiger partial charge in [0.05, 0.1) is 9.92 Å². The first-order valence-corrected chi connectivity index (χ1v) is 9.09. The number of benzene rings is 1. The molecule has 1 saturated heterocycles. The zero-order valence-corrected chi connectivity index (χ0v) is 14.1. The standard InChI is InChI=1S/C15H15ClFN3O3S/c16-12-10-11(3-4-13(12)17)24(22,23)20-8-6-19(7-9-20)15(21)14-2-1-5-18-14/h1-5,10,18H,6-9H2. The molecule has 1 N–H and O–H groups in total. The average Bonchev–Trinajstić information content (AvgIpc) is 3.11. The number of hydrogen-bond acceptors (Lipinski definition) is 3. The average molecular weight is 372 g/mol. The van der Waals surface area contributed by atoms with E-state index in [1.54, 1.807) is 23.2 Å². The Hall–Kier alpha value is -1.90. The van der Waals surface area contributed by atoms with Crippen molar-refractivity contribution < 1.29 is 17.6 Å². The lowest BCUT2D eigenvalue weighted by Crippen LogP contribution is -2.50. The largest absolute Gasteiger partial charge is 0.357 e. The molecule has 128 valence electrons. The molecule has 1 fully saturated rings. The van der Waals surface area contributed by atoms with Gasteiger partial charge in [0.2, 0.25) is 10.0 Å². The highest BCUT2D eigenvalue weighted by Crippen LogP contribution is 2.23. The van der Waals surface area contributed by atoms with Crippen LogP contribution in [0.4, 0.5) is 4.39 Å². The maximum atomic E-state index is 13.2. The van der Waals surface area contributed by atoms with E-state index in [2.05, 4.69) is 4.98 Å². The highest BCUT2D eigenvalue weighted by molar-refractivity contribution is 7.89. The van der Waals surface area contributed by atoms with Gasteiger partial charge in [0.1, 0.15) is 11.5 Å². The predicted molar refractivity (Wildman–Crippen MR) is 86.9 cm³/mol. The maximum absolute atomic E-state index is 13.2. The van der Waals surface area contributed by atoms with Crippen molar-refractivity contribution in [2.75, 3.05) is 26.2 Å². The summed E-state index contributed by atoms with van der Waals surface area (Å²) >= 11 is 5.67. The molecule has 0 radical (unpaired) electrons. The second kappa shape index (κ2) is 6.54. The highest BCUT2D eigenvalue weighted by Gasteiger charge is 2.31. The Morgan fingerprint density at radius 3 is 2.46 bits per heavy atom. The van der Waals surface area contributed by atoms with E-state index in [4.69, 9.17) is 11.6 Å². The molecule has 0 unspecified atom stereocenters. The summed E-state index contributed by atoms with van der Waals surface area (Å²) < 4.78 is 39.7. The lowest BCUT2D eigenvalue weighted by atomic mass is 10.3. The first kappa shape index (κ1) is 16.9. The third-order valence-corrected chi connectivity index (χ3v) is 6.07. The lowest BCUT2D eigenvalue weighted by molar-refractivity contribution is 0.0692. The van der Waals surface area contributed by atoms with Crippen molar-refractivity contribution in [3.05, 3.63) is 53.1 Å². The van der Waals surface area contributed by atoms with Crippen molar-refractivity contribution >= 4 is 27.5 Å². The van der Waals surface area contributed by atoms with Crippen LogP contribution in [0.25, 0.3) is 0 Å². The molecule has 1 amide bonds. The summed E-state index contributed by atoms with van der Waals surface area (Å²) in [7, 11) is -3.77. The number of hydrogen-bond donors (Lipinski definition) is 1. The summed E-state index contributed by atoms with van der Waals surface area (Å²) in [4.78, 5) is 16.6. The maximum Gasteiger partial charge on any atom is 0.270 e. The van der Waals surface area contributed by atoms with Gasteiger partial charge in [-0.1, -0.05) is 11.6 Å². The minimum Gasteiger partial charge on any atom is -0.357 e. The normalized spacial score (nSPS) is 16.3. The smallest absolute Gasteiger partial charge is 0.270 e. The van der Waals surface area contributed by atoms with Crippen LogP contribution in [0.15, 0.2) is 41.4 Å². The second-order valence-electron chi connectivity index (χ2n) is 5.36. The summed E-state index contributed by atoms with van der Waals surface area (Å²) in [6.07, 6.45) is 1.66. The lowest BCUT2D eigenvalue weighted by Gasteiger charge is -2.33. The van der Waals surface area contributed by atoms with Crippen LogP contribution >= 0.6 is 11.6 Å². The number of carbonyl (C=O) groups excluding carboxylic acids is 1. The molecular weight excluding hydrogens is 357 g/mol. The van der Waals surface area contributed by atoms with E-state index in [9.17, 15) is 17.6 Å². The Kier molecular flexibility index (Phi) is 4.62. The van der Waals surface area contributed by atoms with Crippen LogP contribution in [0.2, 0.25) is 5.02 Å². The van der Waals surface area contributed by atoms with Crippen molar-refractivity contribution in [1.29, 1.82) is 0 Å². The Balaban J connectivity index is 1.71. The molecule has 3 rings (SSSR count). The summed E-state index contributed by atoms with van der Waals surface area (Å²) in [5.74, 6) is -0.834. The number of rotatable bonds is 3. The zero-order chi connectivity index (χ0) is 17.3. The van der Waals surface area contributed by atoms with Crippen molar-refractivity contribution in [2.24, 2.45) is 0 Å². The van der Waals surface area contributed by atoms with Gasteiger partial charge in [0.25, 0.3) is 5.91 Å². The highest BCUT2D eigenvalue weighted by atomic mass is 35.5.